The lowest BCUT2D eigenvalue weighted by Gasteiger charge is -2.31. The minimum atomic E-state index is -0.877. The molecule has 1 N–H and O–H groups in total. The molecular formula is C18H31NO4. The summed E-state index contributed by atoms with van der Waals surface area (Å²) in [4.78, 5) is 26.5. The number of nitrogens with zero attached hydrogens (tertiary/aromatic N) is 1. The third kappa shape index (κ3) is 4.25. The van der Waals surface area contributed by atoms with Gasteiger partial charge in [0.1, 0.15) is 0 Å². The molecule has 0 radical (unpaired) electrons. The first kappa shape index (κ1) is 18.2. The molecule has 0 aromatic rings. The van der Waals surface area contributed by atoms with Crippen molar-refractivity contribution in [3.63, 3.8) is 0 Å². The zero-order valence-electron chi connectivity index (χ0n) is 14.5. The van der Waals surface area contributed by atoms with Gasteiger partial charge in [-0.2, -0.15) is 0 Å². The Bertz CT molecular complexity index is 402. The average Bonchev–Trinajstić information content (AvgIpc) is 3.14. The topological polar surface area (TPSA) is 66.8 Å². The predicted octanol–water partition coefficient (Wildman–Crippen LogP) is 3.07. The summed E-state index contributed by atoms with van der Waals surface area (Å²) in [7, 11) is 0. The van der Waals surface area contributed by atoms with Crippen LogP contribution >= 0.6 is 0 Å². The summed E-state index contributed by atoms with van der Waals surface area (Å²) in [5, 5.41) is 9.51. The summed E-state index contributed by atoms with van der Waals surface area (Å²) in [6, 6.07) is 0. The van der Waals surface area contributed by atoms with Gasteiger partial charge in [0, 0.05) is 13.1 Å². The number of carboxylic acids is 1. The maximum Gasteiger partial charge on any atom is 0.310 e. The quantitative estimate of drug-likeness (QED) is 0.627. The van der Waals surface area contributed by atoms with Crippen molar-refractivity contribution in [1.82, 2.24) is 4.90 Å². The maximum atomic E-state index is 13.0. The maximum absolute atomic E-state index is 13.0. The first-order valence-corrected chi connectivity index (χ1v) is 9.27. The molecule has 23 heavy (non-hydrogen) atoms. The van der Waals surface area contributed by atoms with Gasteiger partial charge in [0.15, 0.2) is 0 Å². The molecule has 0 aliphatic carbocycles. The van der Waals surface area contributed by atoms with E-state index >= 15 is 0 Å². The van der Waals surface area contributed by atoms with Crippen LogP contribution in [0.3, 0.4) is 0 Å². The minimum absolute atomic E-state index is 0.0109. The number of carbonyl (C=O) groups is 2. The molecule has 5 nitrogen and oxygen atoms in total. The van der Waals surface area contributed by atoms with Crippen LogP contribution in [0.4, 0.5) is 0 Å². The lowest BCUT2D eigenvalue weighted by Crippen LogP contribution is -2.46. The highest BCUT2D eigenvalue weighted by molar-refractivity contribution is 5.86. The van der Waals surface area contributed by atoms with E-state index in [-0.39, 0.29) is 18.1 Å². The van der Waals surface area contributed by atoms with Gasteiger partial charge in [-0.25, -0.2) is 0 Å². The molecule has 2 aliphatic rings. The van der Waals surface area contributed by atoms with Gasteiger partial charge in [-0.1, -0.05) is 39.5 Å². The standard InChI is InChI=1S/C18H31NO4/c1-3-5-7-11-19(12-8-6-4-2)17(20)15-13-9-10-14(23-13)16(15)18(21)22/h13-16H,3-12H2,1-2H3,(H,21,22)/t13-,14+,15-,16+/m1/s1. The second-order valence-electron chi connectivity index (χ2n) is 6.92. The Hall–Kier alpha value is -1.10. The molecule has 2 heterocycles. The smallest absolute Gasteiger partial charge is 0.310 e. The van der Waals surface area contributed by atoms with E-state index in [0.717, 1.165) is 64.5 Å². The van der Waals surface area contributed by atoms with Crippen molar-refractivity contribution >= 4 is 11.9 Å². The molecule has 2 bridgehead atoms. The number of ether oxygens (including phenoxy) is 1. The van der Waals surface area contributed by atoms with Crippen LogP contribution in [-0.2, 0) is 14.3 Å². The lowest BCUT2D eigenvalue weighted by atomic mass is 9.78. The fourth-order valence-electron chi connectivity index (χ4n) is 3.95. The molecule has 4 atom stereocenters. The van der Waals surface area contributed by atoms with E-state index in [9.17, 15) is 14.7 Å². The summed E-state index contributed by atoms with van der Waals surface area (Å²) in [5.41, 5.74) is 0. The highest BCUT2D eigenvalue weighted by Crippen LogP contribution is 2.44. The number of hydrogen-bond donors (Lipinski definition) is 1. The van der Waals surface area contributed by atoms with Crippen LogP contribution in [0.2, 0.25) is 0 Å². The number of unbranched alkanes of at least 4 members (excludes halogenated alkanes) is 4. The molecule has 1 amide bonds. The van der Waals surface area contributed by atoms with Crippen molar-refractivity contribution in [2.75, 3.05) is 13.1 Å². The second-order valence-corrected chi connectivity index (χ2v) is 6.92. The van der Waals surface area contributed by atoms with Crippen LogP contribution in [0.25, 0.3) is 0 Å². The molecule has 0 aromatic carbocycles. The van der Waals surface area contributed by atoms with Crippen LogP contribution in [-0.4, -0.2) is 47.2 Å². The summed E-state index contributed by atoms with van der Waals surface area (Å²) in [5.74, 6) is -2.00. The fraction of sp³-hybridized carbons (Fsp3) is 0.889. The normalized spacial score (nSPS) is 29.0. The van der Waals surface area contributed by atoms with Crippen molar-refractivity contribution in [2.24, 2.45) is 11.8 Å². The van der Waals surface area contributed by atoms with Gasteiger partial charge in [-0.15, -0.1) is 0 Å². The third-order valence-corrected chi connectivity index (χ3v) is 5.22. The van der Waals surface area contributed by atoms with Crippen LogP contribution < -0.4 is 0 Å². The van der Waals surface area contributed by atoms with Crippen molar-refractivity contribution in [3.8, 4) is 0 Å². The van der Waals surface area contributed by atoms with Gasteiger partial charge >= 0.3 is 5.97 Å². The Morgan fingerprint density at radius 1 is 0.957 bits per heavy atom. The summed E-state index contributed by atoms with van der Waals surface area (Å²) < 4.78 is 5.75. The summed E-state index contributed by atoms with van der Waals surface area (Å²) >= 11 is 0. The number of rotatable bonds is 10. The van der Waals surface area contributed by atoms with E-state index in [2.05, 4.69) is 13.8 Å². The van der Waals surface area contributed by atoms with Gasteiger partial charge in [0.25, 0.3) is 0 Å². The molecule has 2 fully saturated rings. The van der Waals surface area contributed by atoms with Crippen LogP contribution in [0.1, 0.15) is 65.2 Å². The van der Waals surface area contributed by atoms with E-state index in [4.69, 9.17) is 4.74 Å². The van der Waals surface area contributed by atoms with E-state index < -0.39 is 17.8 Å². The van der Waals surface area contributed by atoms with Gasteiger partial charge in [-0.3, -0.25) is 9.59 Å². The zero-order chi connectivity index (χ0) is 16.8. The molecule has 2 aliphatic heterocycles. The number of fused-ring (bicyclic) bond motifs is 2. The van der Waals surface area contributed by atoms with Gasteiger partial charge in [0.2, 0.25) is 5.91 Å². The molecule has 2 saturated heterocycles. The average molecular weight is 325 g/mol. The number of carbonyl (C=O) groups excluding carboxylic acids is 1. The number of carboxylic acid groups (broad SMARTS) is 1. The largest absolute Gasteiger partial charge is 0.481 e. The third-order valence-electron chi connectivity index (χ3n) is 5.22. The summed E-state index contributed by atoms with van der Waals surface area (Å²) in [6.45, 7) is 5.79. The molecule has 2 rings (SSSR count). The van der Waals surface area contributed by atoms with Gasteiger partial charge in [0.05, 0.1) is 24.0 Å². The highest BCUT2D eigenvalue weighted by Gasteiger charge is 2.56. The van der Waals surface area contributed by atoms with E-state index in [1.165, 1.54) is 0 Å². The Kier molecular flexibility index (Phi) is 6.88. The molecule has 5 heteroatoms. The zero-order valence-corrected chi connectivity index (χ0v) is 14.5. The molecule has 0 spiro atoms. The van der Waals surface area contributed by atoms with E-state index in [0.29, 0.717) is 0 Å². The molecule has 132 valence electrons. The summed E-state index contributed by atoms with van der Waals surface area (Å²) in [6.07, 6.45) is 7.58. The second kappa shape index (κ2) is 8.67. The molecule has 0 aromatic heterocycles. The molecule has 0 saturated carbocycles. The highest BCUT2D eigenvalue weighted by atomic mass is 16.5. The van der Waals surface area contributed by atoms with Crippen molar-refractivity contribution in [1.29, 1.82) is 0 Å². The Morgan fingerprint density at radius 2 is 1.48 bits per heavy atom. The first-order chi connectivity index (χ1) is 11.1. The van der Waals surface area contributed by atoms with Gasteiger partial charge < -0.3 is 14.7 Å². The number of aliphatic carboxylic acids is 1. The van der Waals surface area contributed by atoms with E-state index in [1.807, 2.05) is 4.90 Å². The minimum Gasteiger partial charge on any atom is -0.481 e. The van der Waals surface area contributed by atoms with Crippen molar-refractivity contribution < 1.29 is 19.4 Å². The van der Waals surface area contributed by atoms with Crippen LogP contribution in [0.15, 0.2) is 0 Å². The Balaban J connectivity index is 2.03. The van der Waals surface area contributed by atoms with Crippen molar-refractivity contribution in [2.45, 2.75) is 77.4 Å². The molecular weight excluding hydrogens is 294 g/mol. The Labute approximate surface area is 139 Å². The van der Waals surface area contributed by atoms with E-state index in [1.54, 1.807) is 0 Å². The number of hydrogen-bond acceptors (Lipinski definition) is 3. The first-order valence-electron chi connectivity index (χ1n) is 9.27. The fourth-order valence-corrected chi connectivity index (χ4v) is 3.95. The van der Waals surface area contributed by atoms with Gasteiger partial charge in [-0.05, 0) is 25.7 Å². The monoisotopic (exact) mass is 325 g/mol. The van der Waals surface area contributed by atoms with Crippen molar-refractivity contribution in [3.05, 3.63) is 0 Å². The SMILES string of the molecule is CCCCCN(CCCCC)C(=O)[C@H]1[C@@H](C(=O)O)[C@@H]2CC[C@H]1O2. The van der Waals surface area contributed by atoms with Crippen LogP contribution in [0, 0.1) is 11.8 Å². The van der Waals surface area contributed by atoms with Crippen LogP contribution in [0.5, 0.6) is 0 Å². The molecule has 0 unspecified atom stereocenters. The Morgan fingerprint density at radius 3 is 1.96 bits per heavy atom. The number of amides is 1. The lowest BCUT2D eigenvalue weighted by molar-refractivity contribution is -0.151. The predicted molar refractivity (Wildman–Crippen MR) is 88.1 cm³/mol.